The Labute approximate surface area is 105 Å². The second kappa shape index (κ2) is 5.92. The van der Waals surface area contributed by atoms with Crippen molar-refractivity contribution in [3.63, 3.8) is 0 Å². The Morgan fingerprint density at radius 1 is 1.50 bits per heavy atom. The lowest BCUT2D eigenvalue weighted by Gasteiger charge is -2.10. The van der Waals surface area contributed by atoms with Gasteiger partial charge in [0.05, 0.1) is 17.7 Å². The van der Waals surface area contributed by atoms with Gasteiger partial charge in [0.25, 0.3) is 0 Å². The van der Waals surface area contributed by atoms with Crippen molar-refractivity contribution in [1.82, 2.24) is 0 Å². The molecule has 0 aliphatic carbocycles. The van der Waals surface area contributed by atoms with Crippen molar-refractivity contribution in [2.75, 3.05) is 12.4 Å². The van der Waals surface area contributed by atoms with Crippen LogP contribution in [0.4, 0.5) is 0 Å². The van der Waals surface area contributed by atoms with Crippen LogP contribution in [0, 0.1) is 0 Å². The maximum Gasteiger partial charge on any atom is 0.0682 e. The highest BCUT2D eigenvalue weighted by Crippen LogP contribution is 2.30. The quantitative estimate of drug-likeness (QED) is 0.842. The zero-order chi connectivity index (χ0) is 11.4. The zero-order valence-corrected chi connectivity index (χ0v) is 10.6. The van der Waals surface area contributed by atoms with Crippen LogP contribution in [0.2, 0.25) is 5.02 Å². The lowest BCUT2D eigenvalue weighted by atomic mass is 10.2. The molecule has 1 atom stereocenters. The first kappa shape index (κ1) is 12.2. The van der Waals surface area contributed by atoms with Gasteiger partial charge in [0.1, 0.15) is 0 Å². The van der Waals surface area contributed by atoms with Crippen LogP contribution in [0.25, 0.3) is 0 Å². The van der Waals surface area contributed by atoms with Crippen LogP contribution in [0.3, 0.4) is 0 Å². The van der Waals surface area contributed by atoms with Gasteiger partial charge in [-0.1, -0.05) is 17.7 Å². The second-order valence-corrected chi connectivity index (χ2v) is 5.34. The van der Waals surface area contributed by atoms with Crippen molar-refractivity contribution >= 4 is 23.4 Å². The third-order valence-electron chi connectivity index (χ3n) is 2.63. The SMILES string of the molecule is OCc1ccc(SCC2CCCO2)c(Cl)c1. The van der Waals surface area contributed by atoms with Crippen molar-refractivity contribution in [3.8, 4) is 0 Å². The van der Waals surface area contributed by atoms with Gasteiger partial charge in [-0.3, -0.25) is 0 Å². The molecule has 1 aliphatic rings. The Balaban J connectivity index is 1.93. The first-order valence-electron chi connectivity index (χ1n) is 5.43. The van der Waals surface area contributed by atoms with Crippen LogP contribution in [0.1, 0.15) is 18.4 Å². The van der Waals surface area contributed by atoms with Gasteiger partial charge in [-0.15, -0.1) is 11.8 Å². The topological polar surface area (TPSA) is 29.5 Å². The van der Waals surface area contributed by atoms with Crippen LogP contribution in [-0.2, 0) is 11.3 Å². The molecule has 16 heavy (non-hydrogen) atoms. The summed E-state index contributed by atoms with van der Waals surface area (Å²) >= 11 is 7.85. The summed E-state index contributed by atoms with van der Waals surface area (Å²) in [5.74, 6) is 0.957. The molecule has 0 saturated carbocycles. The van der Waals surface area contributed by atoms with E-state index in [1.165, 1.54) is 6.42 Å². The number of rotatable bonds is 4. The summed E-state index contributed by atoms with van der Waals surface area (Å²) in [6.07, 6.45) is 2.69. The van der Waals surface area contributed by atoms with Crippen molar-refractivity contribution in [3.05, 3.63) is 28.8 Å². The minimum absolute atomic E-state index is 0.0381. The van der Waals surface area contributed by atoms with Crippen LogP contribution in [-0.4, -0.2) is 23.6 Å². The van der Waals surface area contributed by atoms with Gasteiger partial charge in [0.15, 0.2) is 0 Å². The first-order chi connectivity index (χ1) is 7.79. The molecular weight excluding hydrogens is 244 g/mol. The van der Waals surface area contributed by atoms with E-state index in [1.54, 1.807) is 11.8 Å². The zero-order valence-electron chi connectivity index (χ0n) is 8.99. The normalized spacial score (nSPS) is 20.2. The summed E-state index contributed by atoms with van der Waals surface area (Å²) in [7, 11) is 0. The molecular formula is C12H15ClO2S. The Kier molecular flexibility index (Phi) is 4.53. The van der Waals surface area contributed by atoms with E-state index >= 15 is 0 Å². The molecule has 1 saturated heterocycles. The monoisotopic (exact) mass is 258 g/mol. The van der Waals surface area contributed by atoms with E-state index < -0.39 is 0 Å². The minimum Gasteiger partial charge on any atom is -0.392 e. The molecule has 1 aromatic carbocycles. The molecule has 2 rings (SSSR count). The lowest BCUT2D eigenvalue weighted by molar-refractivity contribution is 0.129. The lowest BCUT2D eigenvalue weighted by Crippen LogP contribution is -2.07. The number of benzene rings is 1. The van der Waals surface area contributed by atoms with Crippen molar-refractivity contribution in [2.45, 2.75) is 30.4 Å². The highest BCUT2D eigenvalue weighted by atomic mass is 35.5. The molecule has 1 fully saturated rings. The van der Waals surface area contributed by atoms with Gasteiger partial charge in [0, 0.05) is 17.3 Å². The molecule has 0 amide bonds. The van der Waals surface area contributed by atoms with Gasteiger partial charge in [-0.25, -0.2) is 0 Å². The number of halogens is 1. The molecule has 1 heterocycles. The van der Waals surface area contributed by atoms with E-state index in [0.29, 0.717) is 6.10 Å². The minimum atomic E-state index is 0.0381. The molecule has 1 aromatic rings. The molecule has 1 unspecified atom stereocenters. The fraction of sp³-hybridized carbons (Fsp3) is 0.500. The van der Waals surface area contributed by atoms with Gasteiger partial charge >= 0.3 is 0 Å². The van der Waals surface area contributed by atoms with Crippen LogP contribution in [0.15, 0.2) is 23.1 Å². The van der Waals surface area contributed by atoms with Crippen molar-refractivity contribution in [2.24, 2.45) is 0 Å². The Morgan fingerprint density at radius 2 is 2.38 bits per heavy atom. The van der Waals surface area contributed by atoms with Crippen LogP contribution >= 0.6 is 23.4 Å². The maximum absolute atomic E-state index is 8.97. The van der Waals surface area contributed by atoms with E-state index in [-0.39, 0.29) is 6.61 Å². The molecule has 4 heteroatoms. The molecule has 0 aromatic heterocycles. The molecule has 0 radical (unpaired) electrons. The van der Waals surface area contributed by atoms with E-state index in [9.17, 15) is 0 Å². The van der Waals surface area contributed by atoms with Gasteiger partial charge in [-0.05, 0) is 30.5 Å². The Bertz CT molecular complexity index is 351. The summed E-state index contributed by atoms with van der Waals surface area (Å²) in [5.41, 5.74) is 0.853. The van der Waals surface area contributed by atoms with Gasteiger partial charge in [0.2, 0.25) is 0 Å². The summed E-state index contributed by atoms with van der Waals surface area (Å²) in [6.45, 7) is 0.929. The fourth-order valence-electron chi connectivity index (χ4n) is 1.72. The summed E-state index contributed by atoms with van der Waals surface area (Å²) in [4.78, 5) is 1.06. The summed E-state index contributed by atoms with van der Waals surface area (Å²) in [6, 6.07) is 5.69. The van der Waals surface area contributed by atoms with Crippen LogP contribution < -0.4 is 0 Å². The number of ether oxygens (including phenoxy) is 1. The average molecular weight is 259 g/mol. The highest BCUT2D eigenvalue weighted by molar-refractivity contribution is 7.99. The average Bonchev–Trinajstić information content (AvgIpc) is 2.80. The van der Waals surface area contributed by atoms with E-state index in [2.05, 4.69) is 0 Å². The van der Waals surface area contributed by atoms with Gasteiger partial charge < -0.3 is 9.84 Å². The third kappa shape index (κ3) is 3.14. The molecule has 0 spiro atoms. The van der Waals surface area contributed by atoms with Gasteiger partial charge in [-0.2, -0.15) is 0 Å². The standard InChI is InChI=1S/C12H15ClO2S/c13-11-6-9(7-14)3-4-12(11)16-8-10-2-1-5-15-10/h3-4,6,10,14H,1-2,5,7-8H2. The largest absolute Gasteiger partial charge is 0.392 e. The fourth-order valence-corrected chi connectivity index (χ4v) is 3.07. The number of hydrogen-bond acceptors (Lipinski definition) is 3. The first-order valence-corrected chi connectivity index (χ1v) is 6.79. The number of aliphatic hydroxyl groups is 1. The predicted octanol–water partition coefficient (Wildman–Crippen LogP) is 3.10. The van der Waals surface area contributed by atoms with E-state index in [0.717, 1.165) is 34.3 Å². The predicted molar refractivity (Wildman–Crippen MR) is 67.1 cm³/mol. The summed E-state index contributed by atoms with van der Waals surface area (Å²) < 4.78 is 5.56. The maximum atomic E-state index is 8.97. The van der Waals surface area contributed by atoms with E-state index in [4.69, 9.17) is 21.4 Å². The molecule has 2 nitrogen and oxygen atoms in total. The molecule has 0 bridgehead atoms. The number of aliphatic hydroxyl groups excluding tert-OH is 1. The summed E-state index contributed by atoms with van der Waals surface area (Å²) in [5, 5.41) is 9.69. The van der Waals surface area contributed by atoms with Crippen LogP contribution in [0.5, 0.6) is 0 Å². The van der Waals surface area contributed by atoms with Crippen molar-refractivity contribution < 1.29 is 9.84 Å². The smallest absolute Gasteiger partial charge is 0.0682 e. The molecule has 1 aliphatic heterocycles. The Hall–Kier alpha value is -0.220. The Morgan fingerprint density at radius 3 is 3.00 bits per heavy atom. The molecule has 88 valence electrons. The van der Waals surface area contributed by atoms with Crippen molar-refractivity contribution in [1.29, 1.82) is 0 Å². The second-order valence-electron chi connectivity index (χ2n) is 3.87. The number of thioether (sulfide) groups is 1. The third-order valence-corrected chi connectivity index (χ3v) is 4.26. The number of hydrogen-bond donors (Lipinski definition) is 1. The molecule has 1 N–H and O–H groups in total. The highest BCUT2D eigenvalue weighted by Gasteiger charge is 2.16. The van der Waals surface area contributed by atoms with E-state index in [1.807, 2.05) is 18.2 Å².